The third-order valence-corrected chi connectivity index (χ3v) is 21.0. The lowest BCUT2D eigenvalue weighted by molar-refractivity contribution is -0.161. The Morgan fingerprint density at radius 1 is 0.293 bits per heavy atom. The molecule has 0 aliphatic carbocycles. The zero-order chi connectivity index (χ0) is 72.8. The SMILES string of the molecule is CCCCCCCCCCCCCCCCCCCCCCC(=O)O[C@H](COC(=O)CCCCCCCCCCCCCCCCC(C)C)COP(=O)(O)OC[C@@H](O)COP(=O)(O)OC[C@@H](COC(=O)CCCCCCCCCCCC)OC(=O)CCCCCCCCCCC(C)CC. The van der Waals surface area contributed by atoms with Crippen LogP contribution in [0.15, 0.2) is 0 Å². The smallest absolute Gasteiger partial charge is 0.462 e. The maximum absolute atomic E-state index is 13.1. The van der Waals surface area contributed by atoms with Gasteiger partial charge in [0.1, 0.15) is 19.3 Å². The molecule has 6 atom stereocenters. The summed E-state index contributed by atoms with van der Waals surface area (Å²) in [7, 11) is -9.92. The number of phosphoric acid groups is 2. The average Bonchev–Trinajstić information content (AvgIpc) is 1.13. The van der Waals surface area contributed by atoms with Crippen molar-refractivity contribution in [1.29, 1.82) is 0 Å². The predicted molar refractivity (Wildman–Crippen MR) is 405 cm³/mol. The molecule has 99 heavy (non-hydrogen) atoms. The number of hydrogen-bond acceptors (Lipinski definition) is 15. The number of aliphatic hydroxyl groups is 1. The molecule has 0 amide bonds. The largest absolute Gasteiger partial charge is 0.472 e. The molecule has 0 rings (SSSR count). The van der Waals surface area contributed by atoms with Gasteiger partial charge in [-0.05, 0) is 37.5 Å². The maximum Gasteiger partial charge on any atom is 0.472 e. The first-order valence-corrected chi connectivity index (χ1v) is 44.5. The number of ether oxygens (including phenoxy) is 4. The third-order valence-electron chi connectivity index (χ3n) is 19.1. The quantitative estimate of drug-likeness (QED) is 0.0222. The normalized spacial score (nSPS) is 14.2. The Morgan fingerprint density at radius 2 is 0.515 bits per heavy atom. The molecule has 0 aliphatic rings. The van der Waals surface area contributed by atoms with E-state index in [1.807, 2.05) is 0 Å². The highest BCUT2D eigenvalue weighted by Crippen LogP contribution is 2.45. The predicted octanol–water partition coefficient (Wildman–Crippen LogP) is 23.9. The van der Waals surface area contributed by atoms with Crippen molar-refractivity contribution in [3.8, 4) is 0 Å². The van der Waals surface area contributed by atoms with Crippen LogP contribution in [0.2, 0.25) is 0 Å². The van der Waals surface area contributed by atoms with E-state index >= 15 is 0 Å². The van der Waals surface area contributed by atoms with E-state index in [4.69, 9.17) is 37.0 Å². The van der Waals surface area contributed by atoms with Gasteiger partial charge >= 0.3 is 39.5 Å². The fourth-order valence-electron chi connectivity index (χ4n) is 12.3. The molecule has 0 saturated carbocycles. The van der Waals surface area contributed by atoms with Crippen LogP contribution in [0.4, 0.5) is 0 Å². The molecule has 0 aromatic heterocycles. The van der Waals surface area contributed by atoms with Crippen LogP contribution in [-0.2, 0) is 65.4 Å². The molecule has 0 aliphatic heterocycles. The highest BCUT2D eigenvalue weighted by molar-refractivity contribution is 7.47. The van der Waals surface area contributed by atoms with Crippen LogP contribution in [-0.4, -0.2) is 96.7 Å². The zero-order valence-corrected chi connectivity index (χ0v) is 66.6. The maximum atomic E-state index is 13.1. The number of aliphatic hydroxyl groups excluding tert-OH is 1. The average molecular weight is 1450 g/mol. The van der Waals surface area contributed by atoms with Gasteiger partial charge in [-0.2, -0.15) is 0 Å². The van der Waals surface area contributed by atoms with Gasteiger partial charge in [0.2, 0.25) is 0 Å². The minimum atomic E-state index is -4.96. The minimum absolute atomic E-state index is 0.105. The summed E-state index contributed by atoms with van der Waals surface area (Å²) < 4.78 is 68.7. The van der Waals surface area contributed by atoms with Gasteiger partial charge in [-0.15, -0.1) is 0 Å². The lowest BCUT2D eigenvalue weighted by atomic mass is 9.99. The van der Waals surface area contributed by atoms with E-state index in [0.717, 1.165) is 102 Å². The summed E-state index contributed by atoms with van der Waals surface area (Å²) >= 11 is 0. The van der Waals surface area contributed by atoms with E-state index < -0.39 is 97.5 Å². The van der Waals surface area contributed by atoms with Crippen LogP contribution >= 0.6 is 15.6 Å². The van der Waals surface area contributed by atoms with Crippen LogP contribution in [0, 0.1) is 11.8 Å². The number of unbranched alkanes of at least 4 members (excludes halogenated alkanes) is 48. The number of carbonyl (C=O) groups excluding carboxylic acids is 4. The van der Waals surface area contributed by atoms with E-state index in [9.17, 15) is 43.2 Å². The highest BCUT2D eigenvalue weighted by atomic mass is 31.2. The fourth-order valence-corrected chi connectivity index (χ4v) is 13.9. The van der Waals surface area contributed by atoms with E-state index in [1.54, 1.807) is 0 Å². The van der Waals surface area contributed by atoms with Gasteiger partial charge in [0.05, 0.1) is 26.4 Å². The minimum Gasteiger partial charge on any atom is -0.462 e. The van der Waals surface area contributed by atoms with Crippen molar-refractivity contribution in [3.63, 3.8) is 0 Å². The molecule has 0 aromatic rings. The topological polar surface area (TPSA) is 237 Å². The second kappa shape index (κ2) is 71.7. The summed E-state index contributed by atoms with van der Waals surface area (Å²) in [6.45, 7) is 9.64. The first-order valence-electron chi connectivity index (χ1n) is 41.5. The Bertz CT molecular complexity index is 1910. The molecule has 0 saturated heterocycles. The van der Waals surface area contributed by atoms with Crippen LogP contribution in [0.3, 0.4) is 0 Å². The molecular formula is C80H156O17P2. The van der Waals surface area contributed by atoms with Gasteiger partial charge in [0.15, 0.2) is 12.2 Å². The zero-order valence-electron chi connectivity index (χ0n) is 64.8. The van der Waals surface area contributed by atoms with Gasteiger partial charge < -0.3 is 33.8 Å². The lowest BCUT2D eigenvalue weighted by Crippen LogP contribution is -2.30. The van der Waals surface area contributed by atoms with E-state index in [2.05, 4.69) is 41.5 Å². The van der Waals surface area contributed by atoms with Crippen molar-refractivity contribution in [2.75, 3.05) is 39.6 Å². The number of rotatable bonds is 79. The standard InChI is InChI=1S/C80H156O17P2/c1-7-10-12-14-16-18-20-21-22-23-24-25-26-27-32-35-39-46-52-58-64-79(84)96-75(68-91-78(83)63-57-51-45-38-34-31-29-28-30-33-36-42-48-54-60-72(4)5)70-94-98(86,87)92-66-74(81)67-93-99(88,89)95-71-76(69-90-77(82)62-56-50-44-37-19-17-15-13-11-8-2)97-80(85)65-59-53-47-41-40-43-49-55-61-73(6)9-3/h72-76,81H,7-71H2,1-6H3,(H,86,87)(H,88,89)/t73?,74-,75-,76-/m1/s1. The molecule has 3 unspecified atom stereocenters. The third kappa shape index (κ3) is 72.8. The second-order valence-corrected chi connectivity index (χ2v) is 32.4. The number of esters is 4. The fraction of sp³-hybridized carbons (Fsp3) is 0.950. The Balaban J connectivity index is 5.22. The molecule has 588 valence electrons. The number of phosphoric ester groups is 2. The van der Waals surface area contributed by atoms with Crippen molar-refractivity contribution in [1.82, 2.24) is 0 Å². The van der Waals surface area contributed by atoms with Crippen LogP contribution in [0.1, 0.15) is 420 Å². The molecule has 17 nitrogen and oxygen atoms in total. The molecule has 0 aromatic carbocycles. The summed E-state index contributed by atoms with van der Waals surface area (Å²) in [5.74, 6) is -0.543. The molecule has 0 fully saturated rings. The number of carbonyl (C=O) groups is 4. The van der Waals surface area contributed by atoms with Crippen molar-refractivity contribution < 1.29 is 80.2 Å². The molecule has 0 spiro atoms. The summed E-state index contributed by atoms with van der Waals surface area (Å²) in [6.07, 6.45) is 61.0. The van der Waals surface area contributed by atoms with Crippen molar-refractivity contribution in [2.24, 2.45) is 11.8 Å². The number of hydrogen-bond donors (Lipinski definition) is 3. The Hall–Kier alpha value is -1.94. The highest BCUT2D eigenvalue weighted by Gasteiger charge is 2.30. The lowest BCUT2D eigenvalue weighted by Gasteiger charge is -2.21. The van der Waals surface area contributed by atoms with E-state index in [-0.39, 0.29) is 25.7 Å². The summed E-state index contributed by atoms with van der Waals surface area (Å²) in [6, 6.07) is 0. The van der Waals surface area contributed by atoms with Gasteiger partial charge in [0, 0.05) is 25.7 Å². The van der Waals surface area contributed by atoms with Crippen molar-refractivity contribution in [3.05, 3.63) is 0 Å². The Morgan fingerprint density at radius 3 is 0.768 bits per heavy atom. The molecule has 0 bridgehead atoms. The van der Waals surface area contributed by atoms with Crippen molar-refractivity contribution in [2.45, 2.75) is 439 Å². The van der Waals surface area contributed by atoms with Gasteiger partial charge in [-0.1, -0.05) is 369 Å². The van der Waals surface area contributed by atoms with Crippen LogP contribution in [0.25, 0.3) is 0 Å². The first kappa shape index (κ1) is 97.1. The van der Waals surface area contributed by atoms with Gasteiger partial charge in [0.25, 0.3) is 0 Å². The Kier molecular flexibility index (Phi) is 70.3. The molecule has 0 heterocycles. The molecule has 0 radical (unpaired) electrons. The summed E-state index contributed by atoms with van der Waals surface area (Å²) in [4.78, 5) is 72.9. The first-order chi connectivity index (χ1) is 47.9. The summed E-state index contributed by atoms with van der Waals surface area (Å²) in [5.41, 5.74) is 0. The van der Waals surface area contributed by atoms with Crippen LogP contribution < -0.4 is 0 Å². The van der Waals surface area contributed by atoms with Gasteiger partial charge in [-0.25, -0.2) is 9.13 Å². The molecule has 3 N–H and O–H groups in total. The van der Waals surface area contributed by atoms with E-state index in [1.165, 1.54) is 238 Å². The summed E-state index contributed by atoms with van der Waals surface area (Å²) in [5, 5.41) is 10.6. The Labute approximate surface area is 607 Å². The molecule has 19 heteroatoms. The van der Waals surface area contributed by atoms with Crippen LogP contribution in [0.5, 0.6) is 0 Å². The monoisotopic (exact) mass is 1450 g/mol. The molecular weight excluding hydrogens is 1290 g/mol. The van der Waals surface area contributed by atoms with Crippen molar-refractivity contribution >= 4 is 39.5 Å². The second-order valence-electron chi connectivity index (χ2n) is 29.5. The van der Waals surface area contributed by atoms with E-state index in [0.29, 0.717) is 25.7 Å². The van der Waals surface area contributed by atoms with Gasteiger partial charge in [-0.3, -0.25) is 37.3 Å².